The van der Waals surface area contributed by atoms with E-state index in [2.05, 4.69) is 27.2 Å². The number of fused-ring (bicyclic) bond motifs is 2. The Hall–Kier alpha value is -3.33. The molecule has 3 aromatic rings. The molecule has 3 heterocycles. The van der Waals surface area contributed by atoms with E-state index >= 15 is 0 Å². The van der Waals surface area contributed by atoms with Crippen LogP contribution in [0.4, 0.5) is 36.3 Å². The first kappa shape index (κ1) is 21.5. The maximum absolute atomic E-state index is 13.8. The molecule has 2 aliphatic heterocycles. The maximum atomic E-state index is 13.8. The zero-order valence-corrected chi connectivity index (χ0v) is 18.4. The van der Waals surface area contributed by atoms with Crippen molar-refractivity contribution in [2.75, 3.05) is 37.5 Å². The third-order valence-electron chi connectivity index (χ3n) is 6.19. The van der Waals surface area contributed by atoms with Gasteiger partial charge in [-0.1, -0.05) is 18.2 Å². The van der Waals surface area contributed by atoms with Crippen LogP contribution in [-0.2, 0) is 25.6 Å². The Morgan fingerprint density at radius 1 is 1.03 bits per heavy atom. The molecule has 172 valence electrons. The van der Waals surface area contributed by atoms with Gasteiger partial charge in [-0.25, -0.2) is 4.98 Å². The summed E-state index contributed by atoms with van der Waals surface area (Å²) >= 11 is 0. The summed E-state index contributed by atoms with van der Waals surface area (Å²) in [5.41, 5.74) is 3.86. The molecule has 0 bridgehead atoms. The van der Waals surface area contributed by atoms with E-state index in [1.807, 2.05) is 36.4 Å². The second kappa shape index (κ2) is 8.22. The molecule has 9 heteroatoms. The first-order chi connectivity index (χ1) is 15.8. The topological polar surface area (TPSA) is 53.5 Å². The predicted molar refractivity (Wildman–Crippen MR) is 121 cm³/mol. The normalized spacial score (nSPS) is 15.8. The number of nitrogens with one attached hydrogen (secondary N) is 1. The van der Waals surface area contributed by atoms with Gasteiger partial charge in [-0.15, -0.1) is 0 Å². The standard InChI is InChI=1S/C24H24F3N5O/c1-31-9-7-16-12-21(33-2)19(11-17(16)14-31)29-23-28-13-18(24(25,26)27)22(30-23)32-10-8-15-5-3-4-6-20(15)32/h3-6,11-13H,7-10,14H2,1-2H3,(H,28,29,30). The molecule has 0 atom stereocenters. The van der Waals surface area contributed by atoms with Crippen LogP contribution in [-0.4, -0.2) is 42.1 Å². The fraction of sp³-hybridized carbons (Fsp3) is 0.333. The largest absolute Gasteiger partial charge is 0.495 e. The van der Waals surface area contributed by atoms with Crippen molar-refractivity contribution in [2.45, 2.75) is 25.6 Å². The average Bonchev–Trinajstić information content (AvgIpc) is 3.22. The number of ether oxygens (including phenoxy) is 1. The molecule has 2 aliphatic rings. The van der Waals surface area contributed by atoms with Gasteiger partial charge in [0.1, 0.15) is 11.3 Å². The molecule has 33 heavy (non-hydrogen) atoms. The molecule has 2 aromatic carbocycles. The van der Waals surface area contributed by atoms with Crippen molar-refractivity contribution < 1.29 is 17.9 Å². The third kappa shape index (κ3) is 4.08. The van der Waals surface area contributed by atoms with Gasteiger partial charge in [0.25, 0.3) is 0 Å². The maximum Gasteiger partial charge on any atom is 0.421 e. The van der Waals surface area contributed by atoms with Gasteiger partial charge < -0.3 is 19.9 Å². The minimum absolute atomic E-state index is 0.0878. The molecule has 0 saturated heterocycles. The number of methoxy groups -OCH3 is 1. The fourth-order valence-electron chi connectivity index (χ4n) is 4.51. The van der Waals surface area contributed by atoms with Gasteiger partial charge >= 0.3 is 6.18 Å². The highest BCUT2D eigenvalue weighted by Crippen LogP contribution is 2.42. The first-order valence-corrected chi connectivity index (χ1v) is 10.8. The van der Waals surface area contributed by atoms with E-state index in [4.69, 9.17) is 4.74 Å². The van der Waals surface area contributed by atoms with Gasteiger partial charge in [-0.3, -0.25) is 0 Å². The van der Waals surface area contributed by atoms with Crippen LogP contribution in [0.15, 0.2) is 42.6 Å². The molecule has 0 spiro atoms. The summed E-state index contributed by atoms with van der Waals surface area (Å²) in [6.45, 7) is 2.18. The summed E-state index contributed by atoms with van der Waals surface area (Å²) in [5.74, 6) is 0.543. The van der Waals surface area contributed by atoms with Crippen LogP contribution in [0.2, 0.25) is 0 Å². The quantitative estimate of drug-likeness (QED) is 0.602. The van der Waals surface area contributed by atoms with E-state index < -0.39 is 11.7 Å². The van der Waals surface area contributed by atoms with Gasteiger partial charge in [-0.05, 0) is 54.8 Å². The lowest BCUT2D eigenvalue weighted by Crippen LogP contribution is -2.26. The molecule has 0 fully saturated rings. The van der Waals surface area contributed by atoms with Crippen molar-refractivity contribution in [3.63, 3.8) is 0 Å². The number of aromatic nitrogens is 2. The van der Waals surface area contributed by atoms with Crippen molar-refractivity contribution in [1.29, 1.82) is 0 Å². The van der Waals surface area contributed by atoms with Crippen LogP contribution in [0.25, 0.3) is 0 Å². The van der Waals surface area contributed by atoms with Gasteiger partial charge in [0.2, 0.25) is 5.95 Å². The summed E-state index contributed by atoms with van der Waals surface area (Å²) in [5, 5.41) is 3.10. The number of hydrogen-bond acceptors (Lipinski definition) is 6. The van der Waals surface area contributed by atoms with Crippen LogP contribution in [0.1, 0.15) is 22.3 Å². The summed E-state index contributed by atoms with van der Waals surface area (Å²) < 4.78 is 47.0. The van der Waals surface area contributed by atoms with E-state index in [-0.39, 0.29) is 11.8 Å². The molecule has 0 saturated carbocycles. The summed E-state index contributed by atoms with van der Waals surface area (Å²) in [7, 11) is 3.63. The number of halogens is 3. The fourth-order valence-corrected chi connectivity index (χ4v) is 4.51. The molecular formula is C24H24F3N5O. The van der Waals surface area contributed by atoms with Crippen LogP contribution in [0.3, 0.4) is 0 Å². The van der Waals surface area contributed by atoms with E-state index in [9.17, 15) is 13.2 Å². The predicted octanol–water partition coefficient (Wildman–Crippen LogP) is 4.93. The summed E-state index contributed by atoms with van der Waals surface area (Å²) in [6.07, 6.45) is -2.14. The minimum Gasteiger partial charge on any atom is -0.495 e. The van der Waals surface area contributed by atoms with Crippen LogP contribution < -0.4 is 15.0 Å². The van der Waals surface area contributed by atoms with E-state index in [0.717, 1.165) is 42.5 Å². The first-order valence-electron chi connectivity index (χ1n) is 10.8. The number of anilines is 4. The number of nitrogens with zero attached hydrogens (tertiary/aromatic N) is 4. The summed E-state index contributed by atoms with van der Waals surface area (Å²) in [6, 6.07) is 11.4. The van der Waals surface area contributed by atoms with Crippen LogP contribution in [0, 0.1) is 0 Å². The zero-order valence-electron chi connectivity index (χ0n) is 18.4. The molecule has 6 nitrogen and oxygen atoms in total. The molecule has 0 unspecified atom stereocenters. The lowest BCUT2D eigenvalue weighted by Gasteiger charge is -2.26. The van der Waals surface area contributed by atoms with E-state index in [0.29, 0.717) is 24.4 Å². The Balaban J connectivity index is 1.54. The van der Waals surface area contributed by atoms with Crippen molar-refractivity contribution in [3.05, 3.63) is 64.8 Å². The number of hydrogen-bond donors (Lipinski definition) is 1. The monoisotopic (exact) mass is 455 g/mol. The van der Waals surface area contributed by atoms with Gasteiger partial charge in [-0.2, -0.15) is 18.2 Å². The molecular weight excluding hydrogens is 431 g/mol. The Bertz CT molecular complexity index is 1200. The molecule has 0 radical (unpaired) electrons. The Labute approximate surface area is 190 Å². The molecule has 0 amide bonds. The Kier molecular flexibility index (Phi) is 5.36. The minimum atomic E-state index is -4.57. The van der Waals surface area contributed by atoms with Gasteiger partial charge in [0, 0.05) is 31.5 Å². The van der Waals surface area contributed by atoms with E-state index in [1.54, 1.807) is 12.0 Å². The number of para-hydroxylation sites is 1. The highest BCUT2D eigenvalue weighted by atomic mass is 19.4. The molecule has 5 rings (SSSR count). The molecule has 0 aliphatic carbocycles. The van der Waals surface area contributed by atoms with Crippen molar-refractivity contribution in [1.82, 2.24) is 14.9 Å². The van der Waals surface area contributed by atoms with Gasteiger partial charge in [0.15, 0.2) is 5.82 Å². The number of rotatable bonds is 4. The SMILES string of the molecule is COc1cc2c(cc1Nc1ncc(C(F)(F)F)c(N3CCc4ccccc43)n1)CN(C)CC2. The van der Waals surface area contributed by atoms with E-state index in [1.165, 1.54) is 5.56 Å². The lowest BCUT2D eigenvalue weighted by atomic mass is 9.99. The average molecular weight is 455 g/mol. The van der Waals surface area contributed by atoms with Crippen molar-refractivity contribution in [3.8, 4) is 5.75 Å². The Morgan fingerprint density at radius 2 is 1.82 bits per heavy atom. The zero-order chi connectivity index (χ0) is 23.2. The van der Waals surface area contributed by atoms with Gasteiger partial charge in [0.05, 0.1) is 12.8 Å². The second-order valence-corrected chi connectivity index (χ2v) is 8.39. The van der Waals surface area contributed by atoms with Crippen molar-refractivity contribution in [2.24, 2.45) is 0 Å². The lowest BCUT2D eigenvalue weighted by molar-refractivity contribution is -0.137. The number of alkyl halides is 3. The third-order valence-corrected chi connectivity index (χ3v) is 6.19. The highest BCUT2D eigenvalue weighted by molar-refractivity contribution is 5.72. The smallest absolute Gasteiger partial charge is 0.421 e. The van der Waals surface area contributed by atoms with Crippen molar-refractivity contribution >= 4 is 23.1 Å². The van der Waals surface area contributed by atoms with Crippen LogP contribution >= 0.6 is 0 Å². The highest BCUT2D eigenvalue weighted by Gasteiger charge is 2.38. The number of likely N-dealkylation sites (N-methyl/N-ethyl adjacent to an activating group) is 1. The number of benzene rings is 2. The Morgan fingerprint density at radius 3 is 2.61 bits per heavy atom. The second-order valence-electron chi connectivity index (χ2n) is 8.39. The molecule has 1 aromatic heterocycles. The summed E-state index contributed by atoms with van der Waals surface area (Å²) in [4.78, 5) is 12.2. The van der Waals surface area contributed by atoms with Crippen LogP contribution in [0.5, 0.6) is 5.75 Å². The molecule has 1 N–H and O–H groups in total.